The molecule has 0 N–H and O–H groups in total. The Morgan fingerprint density at radius 2 is 2.07 bits per heavy atom. The van der Waals surface area contributed by atoms with Crippen molar-refractivity contribution in [2.75, 3.05) is 21.0 Å². The largest absolute Gasteiger partial charge is 0.497 e. The minimum absolute atomic E-state index is 0.205. The van der Waals surface area contributed by atoms with Crippen molar-refractivity contribution in [2.24, 2.45) is 0 Å². The molecule has 0 aromatic heterocycles. The van der Waals surface area contributed by atoms with Crippen molar-refractivity contribution in [3.63, 3.8) is 0 Å². The predicted octanol–water partition coefficient (Wildman–Crippen LogP) is 2.42. The quantitative estimate of drug-likeness (QED) is 0.559. The van der Waals surface area contributed by atoms with Gasteiger partial charge in [-0.2, -0.15) is 0 Å². The smallest absolute Gasteiger partial charge is 0.188 e. The van der Waals surface area contributed by atoms with Crippen LogP contribution in [0.5, 0.6) is 11.5 Å². The minimum atomic E-state index is 0.205. The van der Waals surface area contributed by atoms with Crippen molar-refractivity contribution in [1.82, 2.24) is 0 Å². The van der Waals surface area contributed by atoms with Gasteiger partial charge in [0.05, 0.1) is 13.0 Å². The highest BCUT2D eigenvalue weighted by atomic mass is 35.5. The van der Waals surface area contributed by atoms with Crippen LogP contribution in [-0.4, -0.2) is 21.0 Å². The van der Waals surface area contributed by atoms with E-state index >= 15 is 0 Å². The fourth-order valence-electron chi connectivity index (χ4n) is 1.03. The maximum absolute atomic E-state index is 5.74. The molecule has 0 saturated heterocycles. The maximum atomic E-state index is 5.74. The van der Waals surface area contributed by atoms with Crippen LogP contribution in [-0.2, 0) is 10.6 Å². The Morgan fingerprint density at radius 1 is 1.29 bits per heavy atom. The van der Waals surface area contributed by atoms with E-state index in [-0.39, 0.29) is 6.79 Å². The second-order valence-corrected chi connectivity index (χ2v) is 2.93. The van der Waals surface area contributed by atoms with E-state index in [9.17, 15) is 0 Å². The topological polar surface area (TPSA) is 27.7 Å². The number of methoxy groups -OCH3 is 2. The van der Waals surface area contributed by atoms with E-state index in [1.807, 2.05) is 12.1 Å². The number of ether oxygens (including phenoxy) is 3. The first-order valence-corrected chi connectivity index (χ1v) is 4.70. The first kappa shape index (κ1) is 11.1. The van der Waals surface area contributed by atoms with Crippen LogP contribution in [0.1, 0.15) is 5.56 Å². The standard InChI is InChI=1S/C10H13ClO3/c1-12-7-14-10-5-9(13-2)4-3-8(10)6-11/h3-5H,6-7H2,1-2H3. The molecule has 14 heavy (non-hydrogen) atoms. The molecule has 0 atom stereocenters. The highest BCUT2D eigenvalue weighted by Gasteiger charge is 2.04. The number of alkyl halides is 1. The fraction of sp³-hybridized carbons (Fsp3) is 0.400. The van der Waals surface area contributed by atoms with Crippen molar-refractivity contribution in [1.29, 1.82) is 0 Å². The first-order chi connectivity index (χ1) is 6.81. The molecule has 0 heterocycles. The summed E-state index contributed by atoms with van der Waals surface area (Å²) < 4.78 is 15.2. The van der Waals surface area contributed by atoms with Gasteiger partial charge in [-0.15, -0.1) is 11.6 Å². The molecule has 4 heteroatoms. The average molecular weight is 217 g/mol. The van der Waals surface area contributed by atoms with Crippen molar-refractivity contribution in [2.45, 2.75) is 5.88 Å². The highest BCUT2D eigenvalue weighted by molar-refractivity contribution is 6.17. The summed E-state index contributed by atoms with van der Waals surface area (Å²) in [6, 6.07) is 5.50. The number of hydrogen-bond donors (Lipinski definition) is 0. The van der Waals surface area contributed by atoms with Gasteiger partial charge in [0.15, 0.2) is 6.79 Å². The lowest BCUT2D eigenvalue weighted by Crippen LogP contribution is -2.01. The van der Waals surface area contributed by atoms with Gasteiger partial charge >= 0.3 is 0 Å². The van der Waals surface area contributed by atoms with Crippen LogP contribution in [0.15, 0.2) is 18.2 Å². The SMILES string of the molecule is COCOc1cc(OC)ccc1CCl. The Kier molecular flexibility index (Phi) is 4.56. The van der Waals surface area contributed by atoms with Crippen molar-refractivity contribution < 1.29 is 14.2 Å². The van der Waals surface area contributed by atoms with Gasteiger partial charge in [0.1, 0.15) is 11.5 Å². The molecule has 0 aliphatic heterocycles. The van der Waals surface area contributed by atoms with Crippen LogP contribution in [0.2, 0.25) is 0 Å². The molecule has 78 valence electrons. The molecule has 1 aromatic rings. The van der Waals surface area contributed by atoms with E-state index in [2.05, 4.69) is 0 Å². The highest BCUT2D eigenvalue weighted by Crippen LogP contribution is 2.25. The Hall–Kier alpha value is -0.930. The van der Waals surface area contributed by atoms with Gasteiger partial charge < -0.3 is 14.2 Å². The third kappa shape index (κ3) is 2.79. The van der Waals surface area contributed by atoms with Gasteiger partial charge in [-0.25, -0.2) is 0 Å². The molecule has 1 aromatic carbocycles. The number of halogens is 1. The molecule has 0 radical (unpaired) electrons. The van der Waals surface area contributed by atoms with Crippen LogP contribution >= 0.6 is 11.6 Å². The lowest BCUT2D eigenvalue weighted by Gasteiger charge is -2.10. The van der Waals surface area contributed by atoms with Gasteiger partial charge in [-0.05, 0) is 6.07 Å². The summed E-state index contributed by atoms with van der Waals surface area (Å²) >= 11 is 5.74. The molecule has 0 aliphatic rings. The van der Waals surface area contributed by atoms with Crippen LogP contribution in [0.4, 0.5) is 0 Å². The minimum Gasteiger partial charge on any atom is -0.497 e. The molecule has 0 unspecified atom stereocenters. The van der Waals surface area contributed by atoms with E-state index in [0.717, 1.165) is 11.3 Å². The Labute approximate surface area is 88.5 Å². The maximum Gasteiger partial charge on any atom is 0.188 e. The Bertz CT molecular complexity index is 289. The molecule has 0 saturated carbocycles. The molecule has 1 rings (SSSR count). The van der Waals surface area contributed by atoms with E-state index in [4.69, 9.17) is 25.8 Å². The zero-order chi connectivity index (χ0) is 10.4. The van der Waals surface area contributed by atoms with Gasteiger partial charge in [0.2, 0.25) is 0 Å². The second kappa shape index (κ2) is 5.73. The normalized spacial score (nSPS) is 9.93. The Balaban J connectivity index is 2.84. The third-order valence-corrected chi connectivity index (χ3v) is 2.04. The molecule has 0 spiro atoms. The summed E-state index contributed by atoms with van der Waals surface area (Å²) in [7, 11) is 3.18. The van der Waals surface area contributed by atoms with E-state index in [1.54, 1.807) is 20.3 Å². The molecule has 0 amide bonds. The van der Waals surface area contributed by atoms with Gasteiger partial charge in [0, 0.05) is 18.7 Å². The van der Waals surface area contributed by atoms with E-state index in [0.29, 0.717) is 11.6 Å². The van der Waals surface area contributed by atoms with Crippen LogP contribution in [0.25, 0.3) is 0 Å². The van der Waals surface area contributed by atoms with Crippen LogP contribution in [0, 0.1) is 0 Å². The third-order valence-electron chi connectivity index (χ3n) is 1.75. The lowest BCUT2D eigenvalue weighted by atomic mass is 10.2. The van der Waals surface area contributed by atoms with E-state index in [1.165, 1.54) is 0 Å². The summed E-state index contributed by atoms with van der Waals surface area (Å²) in [4.78, 5) is 0. The molecular weight excluding hydrogens is 204 g/mol. The molecule has 0 bridgehead atoms. The summed E-state index contributed by atoms with van der Waals surface area (Å²) in [5.41, 5.74) is 0.921. The molecular formula is C10H13ClO3. The monoisotopic (exact) mass is 216 g/mol. The predicted molar refractivity (Wildman–Crippen MR) is 55.1 cm³/mol. The lowest BCUT2D eigenvalue weighted by molar-refractivity contribution is 0.0504. The van der Waals surface area contributed by atoms with Gasteiger partial charge in [-0.3, -0.25) is 0 Å². The molecule has 3 nitrogen and oxygen atoms in total. The second-order valence-electron chi connectivity index (χ2n) is 2.66. The van der Waals surface area contributed by atoms with Crippen LogP contribution < -0.4 is 9.47 Å². The van der Waals surface area contributed by atoms with Crippen molar-refractivity contribution in [3.8, 4) is 11.5 Å². The first-order valence-electron chi connectivity index (χ1n) is 4.16. The van der Waals surface area contributed by atoms with Gasteiger partial charge in [-0.1, -0.05) is 6.07 Å². The molecule has 0 aliphatic carbocycles. The average Bonchev–Trinajstić information content (AvgIpc) is 2.25. The van der Waals surface area contributed by atoms with Crippen molar-refractivity contribution >= 4 is 11.6 Å². The fourth-order valence-corrected chi connectivity index (χ4v) is 1.25. The summed E-state index contributed by atoms with van der Waals surface area (Å²) in [6.45, 7) is 0.205. The summed E-state index contributed by atoms with van der Waals surface area (Å²) in [6.07, 6.45) is 0. The van der Waals surface area contributed by atoms with E-state index < -0.39 is 0 Å². The number of hydrogen-bond acceptors (Lipinski definition) is 3. The van der Waals surface area contributed by atoms with Crippen molar-refractivity contribution in [3.05, 3.63) is 23.8 Å². The summed E-state index contributed by atoms with van der Waals surface area (Å²) in [5, 5.41) is 0. The van der Waals surface area contributed by atoms with Crippen LogP contribution in [0.3, 0.4) is 0 Å². The zero-order valence-electron chi connectivity index (χ0n) is 8.25. The number of benzene rings is 1. The zero-order valence-corrected chi connectivity index (χ0v) is 9.00. The summed E-state index contributed by atoms with van der Waals surface area (Å²) in [5.74, 6) is 1.84. The Morgan fingerprint density at radius 3 is 2.64 bits per heavy atom. The van der Waals surface area contributed by atoms with Gasteiger partial charge in [0.25, 0.3) is 0 Å². The number of rotatable bonds is 5. The molecule has 0 fully saturated rings.